The van der Waals surface area contributed by atoms with Gasteiger partial charge in [0.1, 0.15) is 24.7 Å². The number of fused-ring (bicyclic) bond motifs is 1. The van der Waals surface area contributed by atoms with Crippen molar-refractivity contribution in [2.24, 2.45) is 16.8 Å². The number of amides is 2. The predicted molar refractivity (Wildman–Crippen MR) is 169 cm³/mol. The van der Waals surface area contributed by atoms with Crippen LogP contribution in [0, 0.1) is 32.1 Å². The smallest absolute Gasteiger partial charge is 0.435 e. The fourth-order valence-corrected chi connectivity index (χ4v) is 7.48. The molecule has 248 valence electrons. The first kappa shape index (κ1) is 33.5. The van der Waals surface area contributed by atoms with Crippen LogP contribution in [0.4, 0.5) is 16.2 Å². The average Bonchev–Trinajstić information content (AvgIpc) is 3.60. The quantitative estimate of drug-likeness (QED) is 0.0950. The Morgan fingerprint density at radius 2 is 1.57 bits per heavy atom. The average molecular weight is 668 g/mol. The second-order valence-electron chi connectivity index (χ2n) is 11.6. The largest absolute Gasteiger partial charge is 0.456 e. The molecule has 2 fully saturated rings. The van der Waals surface area contributed by atoms with Crippen molar-refractivity contribution < 1.29 is 38.8 Å². The van der Waals surface area contributed by atoms with E-state index in [1.54, 1.807) is 13.8 Å². The highest BCUT2D eigenvalue weighted by Gasteiger charge is 2.60. The van der Waals surface area contributed by atoms with E-state index in [9.17, 15) is 39.7 Å². The fourth-order valence-electron chi connectivity index (χ4n) is 5.99. The first-order valence-corrected chi connectivity index (χ1v) is 15.8. The Hall–Kier alpha value is -4.83. The van der Waals surface area contributed by atoms with Crippen LogP contribution in [-0.4, -0.2) is 79.0 Å². The Kier molecular flexibility index (Phi) is 9.91. The molecule has 15 nitrogen and oxygen atoms in total. The number of non-ortho nitro benzene ring substituents is 2. The number of carbonyl (C=O) groups excluding carboxylic acids is 3. The van der Waals surface area contributed by atoms with E-state index >= 15 is 0 Å². The van der Waals surface area contributed by atoms with Gasteiger partial charge in [-0.05, 0) is 55.7 Å². The first-order chi connectivity index (χ1) is 22.3. The van der Waals surface area contributed by atoms with Crippen LogP contribution in [0.2, 0.25) is 0 Å². The Morgan fingerprint density at radius 3 is 2.11 bits per heavy atom. The number of amidine groups is 1. The number of esters is 1. The number of aliphatic hydroxyl groups is 1. The van der Waals surface area contributed by atoms with Crippen LogP contribution < -0.4 is 0 Å². The molecule has 0 saturated carbocycles. The summed E-state index contributed by atoms with van der Waals surface area (Å²) in [7, 11) is 0. The molecule has 0 aliphatic carbocycles. The minimum atomic E-state index is -0.895. The highest BCUT2D eigenvalue weighted by Crippen LogP contribution is 2.52. The number of aliphatic hydroxyl groups excluding tert-OH is 1. The maximum absolute atomic E-state index is 13.5. The molecule has 2 amide bonds. The van der Waals surface area contributed by atoms with Gasteiger partial charge < -0.3 is 24.4 Å². The van der Waals surface area contributed by atoms with Crippen molar-refractivity contribution in [3.8, 4) is 0 Å². The zero-order valence-corrected chi connectivity index (χ0v) is 26.6. The number of aliphatic imine (C=N–C) groups is 1. The summed E-state index contributed by atoms with van der Waals surface area (Å²) < 4.78 is 10.8. The summed E-state index contributed by atoms with van der Waals surface area (Å²) in [4.78, 5) is 67.8. The minimum absolute atomic E-state index is 0.00926. The maximum atomic E-state index is 13.5. The second-order valence-corrected chi connectivity index (χ2v) is 12.9. The van der Waals surface area contributed by atoms with Crippen LogP contribution in [0.3, 0.4) is 0 Å². The molecular formula is C31H33N5O10S. The Bertz CT molecular complexity index is 1640. The number of benzene rings is 2. The summed E-state index contributed by atoms with van der Waals surface area (Å²) in [6.45, 7) is 6.02. The van der Waals surface area contributed by atoms with E-state index in [1.165, 1.54) is 65.2 Å². The highest BCUT2D eigenvalue weighted by molar-refractivity contribution is 8.03. The topological polar surface area (TPSA) is 195 Å². The molecule has 0 unspecified atom stereocenters. The van der Waals surface area contributed by atoms with Gasteiger partial charge in [0, 0.05) is 53.4 Å². The van der Waals surface area contributed by atoms with Crippen molar-refractivity contribution in [1.29, 1.82) is 0 Å². The van der Waals surface area contributed by atoms with Gasteiger partial charge >= 0.3 is 12.1 Å². The zero-order valence-electron chi connectivity index (χ0n) is 25.8. The lowest BCUT2D eigenvalue weighted by atomic mass is 9.79. The molecule has 16 heteroatoms. The molecule has 3 aliphatic heterocycles. The number of hydrogen-bond acceptors (Lipinski definition) is 11. The summed E-state index contributed by atoms with van der Waals surface area (Å²) in [5.41, 5.74) is 1.12. The van der Waals surface area contributed by atoms with Crippen molar-refractivity contribution in [3.05, 3.63) is 90.5 Å². The molecule has 0 spiro atoms. The molecule has 5 rings (SSSR count). The molecular weight excluding hydrogens is 634 g/mol. The summed E-state index contributed by atoms with van der Waals surface area (Å²) in [6, 6.07) is 10.9. The molecule has 1 N–H and O–H groups in total. The molecule has 5 atom stereocenters. The molecule has 47 heavy (non-hydrogen) atoms. The lowest BCUT2D eigenvalue weighted by molar-refractivity contribution is -0.385. The third kappa shape index (κ3) is 7.12. The number of nitro benzene ring substituents is 2. The maximum Gasteiger partial charge on any atom is 0.435 e. The van der Waals surface area contributed by atoms with Gasteiger partial charge in [-0.15, -0.1) is 11.8 Å². The highest BCUT2D eigenvalue weighted by atomic mass is 32.2. The molecule has 0 bridgehead atoms. The van der Waals surface area contributed by atoms with Gasteiger partial charge in [0.2, 0.25) is 5.91 Å². The van der Waals surface area contributed by atoms with Crippen LogP contribution in [0.25, 0.3) is 0 Å². The standard InChI is InChI=1S/C31H33N5O10S/c1-17-26-25(18(2)37)29(38)34(26)27(30(39)45-15-20-4-8-22(9-5-20)35(41)42)28(17)47-24-12-13-33(14-24)19(3)32-31(40)46-16-21-6-10-23(11-7-21)36(43)44/h4-11,17-18,24-26,37H,12-16H2,1-3H3/t17-,18-,24-,25-,26+/m1/s1. The van der Waals surface area contributed by atoms with Crippen molar-refractivity contribution >= 4 is 46.9 Å². The van der Waals surface area contributed by atoms with Gasteiger partial charge in [0.15, 0.2) is 0 Å². The third-order valence-electron chi connectivity index (χ3n) is 8.48. The van der Waals surface area contributed by atoms with Crippen LogP contribution in [0.1, 0.15) is 38.3 Å². The second kappa shape index (κ2) is 13.9. The number of likely N-dealkylation sites (tertiary alicyclic amines) is 1. The van der Waals surface area contributed by atoms with Gasteiger partial charge in [0.25, 0.3) is 11.4 Å². The molecule has 2 aromatic carbocycles. The number of carbonyl (C=O) groups is 3. The van der Waals surface area contributed by atoms with Crippen LogP contribution in [-0.2, 0) is 32.3 Å². The number of rotatable bonds is 10. The molecule has 3 heterocycles. The van der Waals surface area contributed by atoms with E-state index in [1.807, 2.05) is 11.8 Å². The zero-order chi connectivity index (χ0) is 34.0. The van der Waals surface area contributed by atoms with Gasteiger partial charge in [-0.3, -0.25) is 25.0 Å². The van der Waals surface area contributed by atoms with Gasteiger partial charge in [-0.1, -0.05) is 6.92 Å². The van der Waals surface area contributed by atoms with Crippen LogP contribution in [0.15, 0.2) is 64.1 Å². The lowest BCUT2D eigenvalue weighted by Gasteiger charge is -2.46. The Balaban J connectivity index is 1.24. The van der Waals surface area contributed by atoms with E-state index in [4.69, 9.17) is 9.47 Å². The monoisotopic (exact) mass is 667 g/mol. The van der Waals surface area contributed by atoms with Crippen LogP contribution >= 0.6 is 11.8 Å². The summed E-state index contributed by atoms with van der Waals surface area (Å²) in [6.07, 6.45) is -0.988. The number of nitrogens with zero attached hydrogens (tertiary/aromatic N) is 5. The van der Waals surface area contributed by atoms with Gasteiger partial charge in [-0.2, -0.15) is 4.99 Å². The number of β-lactam (4-membered cyclic amide) rings is 1. The van der Waals surface area contributed by atoms with E-state index in [2.05, 4.69) is 4.99 Å². The van der Waals surface area contributed by atoms with Crippen molar-refractivity contribution in [2.45, 2.75) is 57.8 Å². The lowest BCUT2D eigenvalue weighted by Crippen LogP contribution is -2.63. The SMILES string of the molecule is CC(=NC(=O)OCc1ccc([N+](=O)[O-])cc1)N1CC[C@@H](SC2=C(C(=O)OCc3ccc([N+](=O)[O-])cc3)N3C(=O)[C@H]([C@@H](C)O)[C@@H]3[C@H]2C)C1. The number of nitro groups is 2. The van der Waals surface area contributed by atoms with E-state index in [0.717, 1.165) is 0 Å². The summed E-state index contributed by atoms with van der Waals surface area (Å²) >= 11 is 1.47. The van der Waals surface area contributed by atoms with Crippen molar-refractivity contribution in [2.75, 3.05) is 13.1 Å². The number of thioether (sulfide) groups is 1. The summed E-state index contributed by atoms with van der Waals surface area (Å²) in [5.74, 6) is -1.48. The molecule has 3 aliphatic rings. The Morgan fingerprint density at radius 1 is 1.02 bits per heavy atom. The normalized spacial score (nSPS) is 22.9. The predicted octanol–water partition coefficient (Wildman–Crippen LogP) is 4.18. The minimum Gasteiger partial charge on any atom is -0.456 e. The molecule has 0 radical (unpaired) electrons. The van der Waals surface area contributed by atoms with Gasteiger partial charge in [-0.25, -0.2) is 9.59 Å². The molecule has 2 saturated heterocycles. The summed E-state index contributed by atoms with van der Waals surface area (Å²) in [5, 5.41) is 32.1. The van der Waals surface area contributed by atoms with E-state index in [0.29, 0.717) is 41.4 Å². The molecule has 2 aromatic rings. The van der Waals surface area contributed by atoms with Crippen molar-refractivity contribution in [3.63, 3.8) is 0 Å². The van der Waals surface area contributed by atoms with E-state index < -0.39 is 40.0 Å². The number of ether oxygens (including phenoxy) is 2. The first-order valence-electron chi connectivity index (χ1n) is 14.9. The third-order valence-corrected chi connectivity index (χ3v) is 10.0. The van der Waals surface area contributed by atoms with Crippen molar-refractivity contribution in [1.82, 2.24) is 9.80 Å². The van der Waals surface area contributed by atoms with E-state index in [-0.39, 0.29) is 47.4 Å². The Labute approximate surface area is 273 Å². The molecule has 0 aromatic heterocycles. The van der Waals surface area contributed by atoms with Crippen LogP contribution in [0.5, 0.6) is 0 Å². The number of hydrogen-bond donors (Lipinski definition) is 1. The van der Waals surface area contributed by atoms with Gasteiger partial charge in [0.05, 0.1) is 27.9 Å². The fraction of sp³-hybridized carbons (Fsp3) is 0.419.